The lowest BCUT2D eigenvalue weighted by molar-refractivity contribution is -0.146. The van der Waals surface area contributed by atoms with Gasteiger partial charge in [0.25, 0.3) is 0 Å². The third-order valence-electron chi connectivity index (χ3n) is 9.06. The number of alkyl halides is 6. The van der Waals surface area contributed by atoms with Crippen molar-refractivity contribution in [2.75, 3.05) is 27.9 Å². The zero-order valence-electron chi connectivity index (χ0n) is 31.6. The van der Waals surface area contributed by atoms with Gasteiger partial charge in [0.1, 0.15) is 11.5 Å². The van der Waals surface area contributed by atoms with Crippen LogP contribution in [0.1, 0.15) is 58.2 Å². The SMILES string of the molecule is COc1cc(OCCCC(=O)NCc2ccc(C)cc2)ccc1CN(Cc1cc(C(F)(F)F)cc(C(F)(F)F)c1)C(=O)C(Cc1ccccc1)CC(OC)OC. The van der Waals surface area contributed by atoms with Gasteiger partial charge in [0.15, 0.2) is 6.29 Å². The number of methoxy groups -OCH3 is 3. The number of nitrogens with zero attached hydrogens (tertiary/aromatic N) is 1. The highest BCUT2D eigenvalue weighted by Crippen LogP contribution is 2.37. The quantitative estimate of drug-likeness (QED) is 0.0581. The van der Waals surface area contributed by atoms with E-state index in [0.29, 0.717) is 36.4 Å². The molecule has 4 aromatic carbocycles. The van der Waals surface area contributed by atoms with Gasteiger partial charge in [0.2, 0.25) is 11.8 Å². The minimum absolute atomic E-state index is 0.0432. The molecule has 2 amide bonds. The summed E-state index contributed by atoms with van der Waals surface area (Å²) in [6.07, 6.45) is -10.1. The van der Waals surface area contributed by atoms with Crippen LogP contribution in [0, 0.1) is 12.8 Å². The molecule has 4 rings (SSSR count). The smallest absolute Gasteiger partial charge is 0.416 e. The average Bonchev–Trinajstić information content (AvgIpc) is 3.17. The molecular formula is C42H46F6N2O6. The van der Waals surface area contributed by atoms with Crippen molar-refractivity contribution in [3.8, 4) is 11.5 Å². The summed E-state index contributed by atoms with van der Waals surface area (Å²) in [7, 11) is 4.18. The Bertz CT molecular complexity index is 1830. The van der Waals surface area contributed by atoms with Crippen LogP contribution < -0.4 is 14.8 Å². The summed E-state index contributed by atoms with van der Waals surface area (Å²) in [5, 5.41) is 2.87. The van der Waals surface area contributed by atoms with E-state index < -0.39 is 48.1 Å². The maximum atomic E-state index is 14.5. The van der Waals surface area contributed by atoms with E-state index in [1.807, 2.05) is 31.2 Å². The summed E-state index contributed by atoms with van der Waals surface area (Å²) in [6, 6.07) is 22.9. The fraction of sp³-hybridized carbons (Fsp3) is 0.381. The van der Waals surface area contributed by atoms with E-state index in [1.165, 1.54) is 26.2 Å². The zero-order valence-corrected chi connectivity index (χ0v) is 31.6. The van der Waals surface area contributed by atoms with E-state index >= 15 is 0 Å². The van der Waals surface area contributed by atoms with Crippen molar-refractivity contribution in [1.82, 2.24) is 10.2 Å². The van der Waals surface area contributed by atoms with Gasteiger partial charge in [-0.25, -0.2) is 0 Å². The molecule has 8 nitrogen and oxygen atoms in total. The number of aryl methyl sites for hydroxylation is 1. The molecule has 0 aliphatic heterocycles. The summed E-state index contributed by atoms with van der Waals surface area (Å²) in [5.74, 6) is -0.883. The number of carbonyl (C=O) groups is 2. The largest absolute Gasteiger partial charge is 0.496 e. The van der Waals surface area contributed by atoms with Gasteiger partial charge in [-0.3, -0.25) is 9.59 Å². The Morgan fingerprint density at radius 1 is 0.750 bits per heavy atom. The van der Waals surface area contributed by atoms with E-state index in [4.69, 9.17) is 18.9 Å². The van der Waals surface area contributed by atoms with Crippen molar-refractivity contribution < 1.29 is 54.9 Å². The average molecular weight is 789 g/mol. The summed E-state index contributed by atoms with van der Waals surface area (Å²) in [4.78, 5) is 28.1. The van der Waals surface area contributed by atoms with Gasteiger partial charge >= 0.3 is 12.4 Å². The van der Waals surface area contributed by atoms with Crippen LogP contribution in [0.4, 0.5) is 26.3 Å². The van der Waals surface area contributed by atoms with Crippen molar-refractivity contribution in [3.05, 3.63) is 130 Å². The first-order valence-corrected chi connectivity index (χ1v) is 17.9. The second kappa shape index (κ2) is 20.2. The molecular weight excluding hydrogens is 742 g/mol. The lowest BCUT2D eigenvalue weighted by Gasteiger charge is -2.30. The number of hydrogen-bond donors (Lipinski definition) is 1. The van der Waals surface area contributed by atoms with Crippen molar-refractivity contribution in [1.29, 1.82) is 0 Å². The standard InChI is InChI=1S/C42H46F6N2O6/c1-28-12-14-30(15-13-28)25-49-38(51)11-8-18-56-36-17-16-32(37(24-36)53-2)27-50(26-31-20-34(41(43,44)45)23-35(21-31)42(46,47)48)40(52)33(22-39(54-3)55-4)19-29-9-6-5-7-10-29/h5-7,9-10,12-17,20-21,23-24,33,39H,8,11,18-19,22,25-27H2,1-4H3,(H,49,51). The highest BCUT2D eigenvalue weighted by molar-refractivity contribution is 5.79. The first kappa shape index (κ1) is 43.6. The number of halogens is 6. The number of rotatable bonds is 19. The van der Waals surface area contributed by atoms with Crippen molar-refractivity contribution in [2.24, 2.45) is 5.92 Å². The maximum Gasteiger partial charge on any atom is 0.416 e. The van der Waals surface area contributed by atoms with Gasteiger partial charge in [0, 0.05) is 64.2 Å². The predicted octanol–water partition coefficient (Wildman–Crippen LogP) is 8.91. The van der Waals surface area contributed by atoms with Crippen LogP contribution in [-0.4, -0.2) is 50.9 Å². The molecule has 0 aliphatic carbocycles. The van der Waals surface area contributed by atoms with Crippen LogP contribution in [0.15, 0.2) is 91.0 Å². The van der Waals surface area contributed by atoms with Crippen LogP contribution in [0.3, 0.4) is 0 Å². The molecule has 1 atom stereocenters. The van der Waals surface area contributed by atoms with E-state index in [2.05, 4.69) is 5.32 Å². The van der Waals surface area contributed by atoms with Crippen molar-refractivity contribution in [3.63, 3.8) is 0 Å². The van der Waals surface area contributed by atoms with Crippen LogP contribution in [0.2, 0.25) is 0 Å². The Labute approximate surface area is 322 Å². The Morgan fingerprint density at radius 2 is 1.39 bits per heavy atom. The van der Waals surface area contributed by atoms with Crippen LogP contribution in [-0.2, 0) is 57.5 Å². The molecule has 0 aliphatic rings. The number of nitrogens with one attached hydrogen (secondary N) is 1. The number of carbonyl (C=O) groups excluding carboxylic acids is 2. The zero-order chi connectivity index (χ0) is 40.9. The van der Waals surface area contributed by atoms with Gasteiger partial charge in [-0.15, -0.1) is 0 Å². The molecule has 0 bridgehead atoms. The molecule has 56 heavy (non-hydrogen) atoms. The first-order chi connectivity index (χ1) is 26.6. The lowest BCUT2D eigenvalue weighted by Crippen LogP contribution is -2.38. The lowest BCUT2D eigenvalue weighted by atomic mass is 9.93. The Hall–Kier alpha value is -5.08. The molecule has 0 fully saturated rings. The molecule has 0 aromatic heterocycles. The topological polar surface area (TPSA) is 86.3 Å². The molecule has 0 heterocycles. The van der Waals surface area contributed by atoms with E-state index in [-0.39, 0.29) is 55.7 Å². The molecule has 0 saturated carbocycles. The van der Waals surface area contributed by atoms with Crippen LogP contribution in [0.5, 0.6) is 11.5 Å². The molecule has 0 radical (unpaired) electrons. The summed E-state index contributed by atoms with van der Waals surface area (Å²) >= 11 is 0. The number of hydrogen-bond acceptors (Lipinski definition) is 6. The van der Waals surface area contributed by atoms with E-state index in [1.54, 1.807) is 48.5 Å². The predicted molar refractivity (Wildman–Crippen MR) is 198 cm³/mol. The Kier molecular flexibility index (Phi) is 15.7. The van der Waals surface area contributed by atoms with Crippen molar-refractivity contribution >= 4 is 11.8 Å². The second-order valence-electron chi connectivity index (χ2n) is 13.3. The van der Waals surface area contributed by atoms with E-state index in [0.717, 1.165) is 16.7 Å². The molecule has 0 saturated heterocycles. The summed E-state index contributed by atoms with van der Waals surface area (Å²) in [6.45, 7) is 1.76. The van der Waals surface area contributed by atoms with Gasteiger partial charge < -0.3 is 29.2 Å². The van der Waals surface area contributed by atoms with Crippen molar-refractivity contribution in [2.45, 2.75) is 70.9 Å². The third-order valence-corrected chi connectivity index (χ3v) is 9.06. The molecule has 14 heteroatoms. The fourth-order valence-electron chi connectivity index (χ4n) is 6.06. The van der Waals surface area contributed by atoms with Crippen LogP contribution in [0.25, 0.3) is 0 Å². The Morgan fingerprint density at radius 3 is 1.98 bits per heavy atom. The van der Waals surface area contributed by atoms with Crippen LogP contribution >= 0.6 is 0 Å². The fourth-order valence-corrected chi connectivity index (χ4v) is 6.06. The second-order valence-corrected chi connectivity index (χ2v) is 13.3. The molecule has 1 unspecified atom stereocenters. The maximum absolute atomic E-state index is 14.5. The van der Waals surface area contributed by atoms with Gasteiger partial charge in [-0.1, -0.05) is 60.2 Å². The molecule has 1 N–H and O–H groups in total. The molecule has 4 aromatic rings. The normalized spacial score (nSPS) is 12.3. The minimum atomic E-state index is -5.07. The Balaban J connectivity index is 1.58. The highest BCUT2D eigenvalue weighted by atomic mass is 19.4. The first-order valence-electron chi connectivity index (χ1n) is 17.9. The molecule has 302 valence electrons. The number of benzene rings is 4. The van der Waals surface area contributed by atoms with Gasteiger partial charge in [-0.2, -0.15) is 26.3 Å². The monoisotopic (exact) mass is 788 g/mol. The number of ether oxygens (including phenoxy) is 4. The van der Waals surface area contributed by atoms with E-state index in [9.17, 15) is 35.9 Å². The number of amides is 2. The van der Waals surface area contributed by atoms with Gasteiger partial charge in [0.05, 0.1) is 24.8 Å². The van der Waals surface area contributed by atoms with Gasteiger partial charge in [-0.05, 0) is 66.8 Å². The summed E-state index contributed by atoms with van der Waals surface area (Å²) in [5.41, 5.74) is -0.0466. The minimum Gasteiger partial charge on any atom is -0.496 e. The highest BCUT2D eigenvalue weighted by Gasteiger charge is 2.37. The summed E-state index contributed by atoms with van der Waals surface area (Å²) < 4.78 is 105. The third kappa shape index (κ3) is 13.3. The molecule has 0 spiro atoms.